The minimum absolute atomic E-state index is 0.00644. The van der Waals surface area contributed by atoms with Crippen LogP contribution in [-0.4, -0.2) is 36.8 Å². The Morgan fingerprint density at radius 1 is 1.25 bits per heavy atom. The third-order valence-electron chi connectivity index (χ3n) is 4.44. The summed E-state index contributed by atoms with van der Waals surface area (Å²) in [5, 5.41) is -0.636. The second-order valence-electron chi connectivity index (χ2n) is 5.53. The van der Waals surface area contributed by atoms with Crippen LogP contribution in [0.2, 0.25) is 0 Å². The summed E-state index contributed by atoms with van der Waals surface area (Å²) in [6, 6.07) is 3.35. The van der Waals surface area contributed by atoms with Crippen molar-refractivity contribution in [1.29, 1.82) is 0 Å². The molecule has 20 heavy (non-hydrogen) atoms. The molecule has 6 heteroatoms. The summed E-state index contributed by atoms with van der Waals surface area (Å²) in [6.45, 7) is 0. The van der Waals surface area contributed by atoms with E-state index in [2.05, 4.69) is 4.98 Å². The van der Waals surface area contributed by atoms with Crippen molar-refractivity contribution < 1.29 is 17.9 Å². The topological polar surface area (TPSA) is 73.3 Å². The maximum atomic E-state index is 12.5. The lowest BCUT2D eigenvalue weighted by Gasteiger charge is -2.26. The van der Waals surface area contributed by atoms with E-state index in [9.17, 15) is 13.2 Å². The first-order valence-electron chi connectivity index (χ1n) is 6.79. The quantitative estimate of drug-likeness (QED) is 0.792. The third kappa shape index (κ3) is 2.12. The molecular weight excluding hydrogens is 278 g/mol. The van der Waals surface area contributed by atoms with Crippen molar-refractivity contribution in [3.8, 4) is 5.88 Å². The largest absolute Gasteiger partial charge is 0.481 e. The minimum Gasteiger partial charge on any atom is -0.481 e. The third-order valence-corrected chi connectivity index (χ3v) is 7.15. The van der Waals surface area contributed by atoms with Gasteiger partial charge >= 0.3 is 0 Å². The van der Waals surface area contributed by atoms with Crippen molar-refractivity contribution in [2.24, 2.45) is 5.92 Å². The molecule has 0 aromatic carbocycles. The summed E-state index contributed by atoms with van der Waals surface area (Å²) >= 11 is 0. The fourth-order valence-corrected chi connectivity index (χ4v) is 5.78. The Kier molecular flexibility index (Phi) is 3.28. The summed E-state index contributed by atoms with van der Waals surface area (Å²) in [7, 11) is -1.45. The van der Waals surface area contributed by atoms with E-state index in [1.165, 1.54) is 13.3 Å². The Balaban J connectivity index is 1.79. The zero-order valence-corrected chi connectivity index (χ0v) is 12.1. The van der Waals surface area contributed by atoms with E-state index < -0.39 is 9.84 Å². The number of nitrogens with zero attached hydrogens (tertiary/aromatic N) is 1. The van der Waals surface area contributed by atoms with Gasteiger partial charge in [0.05, 0.1) is 17.6 Å². The summed E-state index contributed by atoms with van der Waals surface area (Å²) in [6.07, 6.45) is 3.84. The molecule has 1 aromatic heterocycles. The molecule has 2 unspecified atom stereocenters. The van der Waals surface area contributed by atoms with Gasteiger partial charge in [-0.25, -0.2) is 13.4 Å². The number of hydrogen-bond donors (Lipinski definition) is 0. The van der Waals surface area contributed by atoms with Crippen LogP contribution >= 0.6 is 0 Å². The van der Waals surface area contributed by atoms with E-state index in [0.29, 0.717) is 37.1 Å². The molecule has 108 valence electrons. The van der Waals surface area contributed by atoms with Gasteiger partial charge in [0.1, 0.15) is 0 Å². The molecule has 5 nitrogen and oxygen atoms in total. The Hall–Kier alpha value is -1.43. The highest BCUT2D eigenvalue weighted by Gasteiger charge is 2.48. The second kappa shape index (κ2) is 4.84. The number of sulfone groups is 1. The van der Waals surface area contributed by atoms with Crippen LogP contribution in [0.15, 0.2) is 18.3 Å². The number of ketones is 1. The van der Waals surface area contributed by atoms with Gasteiger partial charge in [-0.15, -0.1) is 0 Å². The van der Waals surface area contributed by atoms with Gasteiger partial charge in [-0.2, -0.15) is 0 Å². The van der Waals surface area contributed by atoms with Gasteiger partial charge in [-0.3, -0.25) is 4.79 Å². The van der Waals surface area contributed by atoms with Crippen LogP contribution in [0.4, 0.5) is 0 Å². The number of rotatable bonds is 3. The maximum absolute atomic E-state index is 12.5. The number of hydrogen-bond acceptors (Lipinski definition) is 5. The standard InChI is InChI=1S/C14H17NO4S/c1-19-13-5-2-9(8-15-13)14(16)10-6-11-3-4-12(7-10)20(11,17)18/h2,5,8,10-12H,3-4,6-7H2,1H3. The highest BCUT2D eigenvalue weighted by atomic mass is 32.2. The average Bonchev–Trinajstić information content (AvgIpc) is 2.66. The number of Topliss-reactive ketones (excluding diaryl/α,β-unsaturated/α-hetero) is 1. The van der Waals surface area contributed by atoms with Crippen molar-refractivity contribution in [2.75, 3.05) is 7.11 Å². The summed E-state index contributed by atoms with van der Waals surface area (Å²) in [4.78, 5) is 16.5. The number of methoxy groups -OCH3 is 1. The molecule has 0 N–H and O–H groups in total. The molecular formula is C14H17NO4S. The second-order valence-corrected chi connectivity index (χ2v) is 8.04. The Morgan fingerprint density at radius 2 is 1.90 bits per heavy atom. The summed E-state index contributed by atoms with van der Waals surface area (Å²) in [5.41, 5.74) is 0.537. The van der Waals surface area contributed by atoms with Crippen molar-refractivity contribution in [3.63, 3.8) is 0 Å². The lowest BCUT2D eigenvalue weighted by atomic mass is 9.91. The Morgan fingerprint density at radius 3 is 2.40 bits per heavy atom. The van der Waals surface area contributed by atoms with Crippen LogP contribution < -0.4 is 4.74 Å². The lowest BCUT2D eigenvalue weighted by Crippen LogP contribution is -2.36. The molecule has 0 saturated carbocycles. The highest BCUT2D eigenvalue weighted by Crippen LogP contribution is 2.42. The SMILES string of the molecule is COc1ccc(C(=O)C2CC3CCC(C2)S3(=O)=O)cn1. The van der Waals surface area contributed by atoms with Gasteiger partial charge in [0.25, 0.3) is 0 Å². The first-order valence-corrected chi connectivity index (χ1v) is 8.40. The van der Waals surface area contributed by atoms with E-state index in [-0.39, 0.29) is 22.2 Å². The van der Waals surface area contributed by atoms with Crippen molar-refractivity contribution in [3.05, 3.63) is 23.9 Å². The van der Waals surface area contributed by atoms with Gasteiger partial charge in [0.2, 0.25) is 5.88 Å². The summed E-state index contributed by atoms with van der Waals surface area (Å²) < 4.78 is 29.0. The fourth-order valence-electron chi connectivity index (χ4n) is 3.30. The highest BCUT2D eigenvalue weighted by molar-refractivity contribution is 7.93. The smallest absolute Gasteiger partial charge is 0.212 e. The molecule has 2 bridgehead atoms. The van der Waals surface area contributed by atoms with E-state index in [1.807, 2.05) is 0 Å². The fraction of sp³-hybridized carbons (Fsp3) is 0.571. The van der Waals surface area contributed by atoms with Gasteiger partial charge in [0, 0.05) is 23.7 Å². The van der Waals surface area contributed by atoms with Gasteiger partial charge in [-0.05, 0) is 31.7 Å². The average molecular weight is 295 g/mol. The number of aromatic nitrogens is 1. The molecule has 2 aliphatic heterocycles. The van der Waals surface area contributed by atoms with E-state index in [1.54, 1.807) is 12.1 Å². The van der Waals surface area contributed by atoms with Gasteiger partial charge < -0.3 is 4.74 Å². The zero-order chi connectivity index (χ0) is 14.3. The van der Waals surface area contributed by atoms with Crippen LogP contribution in [0, 0.1) is 5.92 Å². The Labute approximate surface area is 118 Å². The molecule has 1 aromatic rings. The molecule has 2 fully saturated rings. The monoisotopic (exact) mass is 295 g/mol. The zero-order valence-electron chi connectivity index (χ0n) is 11.3. The van der Waals surface area contributed by atoms with Crippen LogP contribution in [0.1, 0.15) is 36.0 Å². The molecule has 3 rings (SSSR count). The van der Waals surface area contributed by atoms with Crippen molar-refractivity contribution in [1.82, 2.24) is 4.98 Å². The van der Waals surface area contributed by atoms with E-state index in [0.717, 1.165) is 0 Å². The van der Waals surface area contributed by atoms with Crippen molar-refractivity contribution in [2.45, 2.75) is 36.2 Å². The van der Waals surface area contributed by atoms with Crippen LogP contribution in [0.25, 0.3) is 0 Å². The predicted molar refractivity (Wildman–Crippen MR) is 73.6 cm³/mol. The summed E-state index contributed by atoms with van der Waals surface area (Å²) in [5.74, 6) is 0.283. The first kappa shape index (κ1) is 13.5. The molecule has 2 aliphatic rings. The Bertz CT molecular complexity index is 603. The molecule has 0 spiro atoms. The number of carbonyl (C=O) groups is 1. The minimum atomic E-state index is -2.98. The number of carbonyl (C=O) groups excluding carboxylic acids is 1. The molecule has 3 heterocycles. The first-order chi connectivity index (χ1) is 9.52. The number of pyridine rings is 1. The number of fused-ring (bicyclic) bond motifs is 2. The molecule has 0 radical (unpaired) electrons. The van der Waals surface area contributed by atoms with Crippen LogP contribution in [0.3, 0.4) is 0 Å². The van der Waals surface area contributed by atoms with Gasteiger partial charge in [0.15, 0.2) is 15.6 Å². The lowest BCUT2D eigenvalue weighted by molar-refractivity contribution is 0.0905. The maximum Gasteiger partial charge on any atom is 0.212 e. The van der Waals surface area contributed by atoms with Crippen LogP contribution in [0.5, 0.6) is 5.88 Å². The normalized spacial score (nSPS) is 30.9. The van der Waals surface area contributed by atoms with Crippen molar-refractivity contribution >= 4 is 15.6 Å². The van der Waals surface area contributed by atoms with E-state index >= 15 is 0 Å². The number of ether oxygens (including phenoxy) is 1. The van der Waals surface area contributed by atoms with Crippen LogP contribution in [-0.2, 0) is 9.84 Å². The molecule has 0 aliphatic carbocycles. The van der Waals surface area contributed by atoms with E-state index in [4.69, 9.17) is 4.74 Å². The predicted octanol–water partition coefficient (Wildman–Crippen LogP) is 1.63. The molecule has 2 atom stereocenters. The van der Waals surface area contributed by atoms with Gasteiger partial charge in [-0.1, -0.05) is 0 Å². The molecule has 0 amide bonds. The molecule has 2 saturated heterocycles.